The zero-order valence-corrected chi connectivity index (χ0v) is 12.1. The van der Waals surface area contributed by atoms with Crippen molar-refractivity contribution in [1.82, 2.24) is 4.90 Å². The number of amides is 1. The lowest BCUT2D eigenvalue weighted by Gasteiger charge is -2.26. The monoisotopic (exact) mass is 278 g/mol. The van der Waals surface area contributed by atoms with Crippen molar-refractivity contribution in [3.05, 3.63) is 35.0 Å². The molecule has 0 radical (unpaired) electrons. The number of hydrogen-bond acceptors (Lipinski definition) is 3. The van der Waals surface area contributed by atoms with E-state index in [9.17, 15) is 4.79 Å². The van der Waals surface area contributed by atoms with E-state index in [1.54, 1.807) is 17.4 Å². The molecular weight excluding hydrogens is 256 g/mol. The van der Waals surface area contributed by atoms with E-state index in [-0.39, 0.29) is 11.8 Å². The topological polar surface area (TPSA) is 46.3 Å². The third-order valence-corrected chi connectivity index (χ3v) is 4.73. The number of carbonyl (C=O) groups is 1. The zero-order valence-electron chi connectivity index (χ0n) is 11.3. The molecule has 0 aromatic carbocycles. The smallest absolute Gasteiger partial charge is 0.226 e. The highest BCUT2D eigenvalue weighted by Crippen LogP contribution is 2.32. The van der Waals surface area contributed by atoms with Crippen LogP contribution in [-0.2, 0) is 11.3 Å². The van der Waals surface area contributed by atoms with Gasteiger partial charge in [-0.1, -0.05) is 18.6 Å². The van der Waals surface area contributed by atoms with Crippen molar-refractivity contribution in [2.24, 2.45) is 17.6 Å². The third kappa shape index (κ3) is 3.45. The van der Waals surface area contributed by atoms with Crippen molar-refractivity contribution in [2.45, 2.75) is 25.8 Å². The first-order chi connectivity index (χ1) is 9.26. The van der Waals surface area contributed by atoms with Gasteiger partial charge in [0.1, 0.15) is 0 Å². The average Bonchev–Trinajstić information content (AvgIpc) is 3.08. The standard InChI is InChI=1S/C15H22N2OS/c1-2-8-17(11-13-6-4-9-19-13)15(18)14-7-3-5-12(14)10-16/h2,4,6,9,12,14H,1,3,5,7-8,10-11,16H2/t12-,14-/m1/s1. The maximum absolute atomic E-state index is 12.7. The lowest BCUT2D eigenvalue weighted by molar-refractivity contribution is -0.136. The predicted molar refractivity (Wildman–Crippen MR) is 79.8 cm³/mol. The van der Waals surface area contributed by atoms with Gasteiger partial charge in [-0.25, -0.2) is 0 Å². The van der Waals surface area contributed by atoms with Crippen molar-refractivity contribution in [2.75, 3.05) is 13.1 Å². The first kappa shape index (κ1) is 14.3. The molecular formula is C15H22N2OS. The number of rotatable bonds is 6. The summed E-state index contributed by atoms with van der Waals surface area (Å²) in [7, 11) is 0. The van der Waals surface area contributed by atoms with E-state index in [0.29, 0.717) is 25.6 Å². The molecule has 1 aliphatic rings. The van der Waals surface area contributed by atoms with Crippen LogP contribution in [0.25, 0.3) is 0 Å². The first-order valence-corrected chi connectivity index (χ1v) is 7.76. The molecule has 2 N–H and O–H groups in total. The number of carbonyl (C=O) groups excluding carboxylic acids is 1. The van der Waals surface area contributed by atoms with Crippen molar-refractivity contribution < 1.29 is 4.79 Å². The van der Waals surface area contributed by atoms with Crippen LogP contribution >= 0.6 is 11.3 Å². The van der Waals surface area contributed by atoms with E-state index in [1.807, 2.05) is 16.3 Å². The molecule has 3 nitrogen and oxygen atoms in total. The Morgan fingerprint density at radius 2 is 2.42 bits per heavy atom. The molecule has 2 atom stereocenters. The maximum atomic E-state index is 12.7. The highest BCUT2D eigenvalue weighted by atomic mass is 32.1. The third-order valence-electron chi connectivity index (χ3n) is 3.87. The molecule has 1 amide bonds. The van der Waals surface area contributed by atoms with Gasteiger partial charge in [-0.3, -0.25) is 4.79 Å². The quantitative estimate of drug-likeness (QED) is 0.813. The van der Waals surface area contributed by atoms with Crippen molar-refractivity contribution in [3.8, 4) is 0 Å². The van der Waals surface area contributed by atoms with E-state index in [0.717, 1.165) is 19.3 Å². The van der Waals surface area contributed by atoms with Gasteiger partial charge in [-0.2, -0.15) is 0 Å². The summed E-state index contributed by atoms with van der Waals surface area (Å²) in [4.78, 5) is 15.8. The minimum Gasteiger partial charge on any atom is -0.334 e. The molecule has 0 aliphatic heterocycles. The van der Waals surface area contributed by atoms with Gasteiger partial charge >= 0.3 is 0 Å². The lowest BCUT2D eigenvalue weighted by Crippen LogP contribution is -2.38. The van der Waals surface area contributed by atoms with Crippen LogP contribution in [0.15, 0.2) is 30.2 Å². The molecule has 1 aliphatic carbocycles. The van der Waals surface area contributed by atoms with Gasteiger partial charge in [-0.15, -0.1) is 17.9 Å². The molecule has 1 fully saturated rings. The van der Waals surface area contributed by atoms with Crippen LogP contribution in [0.1, 0.15) is 24.1 Å². The van der Waals surface area contributed by atoms with E-state index in [2.05, 4.69) is 12.6 Å². The Hall–Kier alpha value is -1.13. The van der Waals surface area contributed by atoms with E-state index in [1.165, 1.54) is 4.88 Å². The van der Waals surface area contributed by atoms with Gasteiger partial charge in [0.05, 0.1) is 6.54 Å². The Kier molecular flexibility index (Phi) is 5.16. The van der Waals surface area contributed by atoms with Crippen LogP contribution in [0.2, 0.25) is 0 Å². The van der Waals surface area contributed by atoms with Gasteiger partial charge in [0.15, 0.2) is 0 Å². The van der Waals surface area contributed by atoms with Gasteiger partial charge in [0.2, 0.25) is 5.91 Å². The number of nitrogens with two attached hydrogens (primary N) is 1. The van der Waals surface area contributed by atoms with Crippen LogP contribution in [0.3, 0.4) is 0 Å². The minimum atomic E-state index is 0.116. The van der Waals surface area contributed by atoms with Crippen LogP contribution in [-0.4, -0.2) is 23.9 Å². The Bertz CT molecular complexity index is 416. The molecule has 1 aromatic rings. The summed E-state index contributed by atoms with van der Waals surface area (Å²) in [5.41, 5.74) is 5.78. The highest BCUT2D eigenvalue weighted by molar-refractivity contribution is 7.09. The highest BCUT2D eigenvalue weighted by Gasteiger charge is 2.34. The molecule has 1 heterocycles. The van der Waals surface area contributed by atoms with E-state index in [4.69, 9.17) is 5.73 Å². The number of nitrogens with zero attached hydrogens (tertiary/aromatic N) is 1. The van der Waals surface area contributed by atoms with Gasteiger partial charge in [-0.05, 0) is 36.8 Å². The van der Waals surface area contributed by atoms with Crippen LogP contribution in [0, 0.1) is 11.8 Å². The van der Waals surface area contributed by atoms with Crippen LogP contribution < -0.4 is 5.73 Å². The number of hydrogen-bond donors (Lipinski definition) is 1. The van der Waals surface area contributed by atoms with E-state index >= 15 is 0 Å². The lowest BCUT2D eigenvalue weighted by atomic mass is 9.94. The molecule has 0 unspecified atom stereocenters. The fourth-order valence-electron chi connectivity index (χ4n) is 2.86. The molecule has 2 rings (SSSR count). The Morgan fingerprint density at radius 1 is 1.58 bits per heavy atom. The molecule has 0 bridgehead atoms. The Morgan fingerprint density at radius 3 is 3.05 bits per heavy atom. The molecule has 0 spiro atoms. The molecule has 19 heavy (non-hydrogen) atoms. The molecule has 104 valence electrons. The van der Waals surface area contributed by atoms with Gasteiger partial charge in [0, 0.05) is 17.3 Å². The summed E-state index contributed by atoms with van der Waals surface area (Å²) in [6.45, 7) is 5.69. The molecule has 0 saturated heterocycles. The number of thiophene rings is 1. The molecule has 1 saturated carbocycles. The average molecular weight is 278 g/mol. The minimum absolute atomic E-state index is 0.116. The van der Waals surface area contributed by atoms with Crippen LogP contribution in [0.4, 0.5) is 0 Å². The maximum Gasteiger partial charge on any atom is 0.226 e. The van der Waals surface area contributed by atoms with Crippen molar-refractivity contribution in [1.29, 1.82) is 0 Å². The summed E-state index contributed by atoms with van der Waals surface area (Å²) >= 11 is 1.69. The summed E-state index contributed by atoms with van der Waals surface area (Å²) < 4.78 is 0. The summed E-state index contributed by atoms with van der Waals surface area (Å²) in [5, 5.41) is 2.05. The van der Waals surface area contributed by atoms with Crippen LogP contribution in [0.5, 0.6) is 0 Å². The normalized spacial score (nSPS) is 22.4. The van der Waals surface area contributed by atoms with Crippen molar-refractivity contribution in [3.63, 3.8) is 0 Å². The second-order valence-electron chi connectivity index (χ2n) is 5.12. The second kappa shape index (κ2) is 6.87. The predicted octanol–water partition coefficient (Wildman–Crippen LogP) is 2.64. The largest absolute Gasteiger partial charge is 0.334 e. The summed E-state index contributed by atoms with van der Waals surface area (Å²) in [5.74, 6) is 0.731. The van der Waals surface area contributed by atoms with E-state index < -0.39 is 0 Å². The second-order valence-corrected chi connectivity index (χ2v) is 6.15. The van der Waals surface area contributed by atoms with Gasteiger partial charge < -0.3 is 10.6 Å². The Labute approximate surface area is 119 Å². The summed E-state index contributed by atoms with van der Waals surface area (Å²) in [6.07, 6.45) is 5.00. The fraction of sp³-hybridized carbons (Fsp3) is 0.533. The summed E-state index contributed by atoms with van der Waals surface area (Å²) in [6, 6.07) is 4.10. The SMILES string of the molecule is C=CCN(Cc1cccs1)C(=O)[C@@H]1CCC[C@@H]1CN. The van der Waals surface area contributed by atoms with Crippen molar-refractivity contribution >= 4 is 17.2 Å². The fourth-order valence-corrected chi connectivity index (χ4v) is 3.58. The first-order valence-electron chi connectivity index (χ1n) is 6.88. The van der Waals surface area contributed by atoms with Gasteiger partial charge in [0.25, 0.3) is 0 Å². The Balaban J connectivity index is 2.05. The molecule has 1 aromatic heterocycles. The molecule has 4 heteroatoms. The zero-order chi connectivity index (χ0) is 13.7.